The lowest BCUT2D eigenvalue weighted by Crippen LogP contribution is -1.85. The molecule has 0 radical (unpaired) electrons. The molecule has 0 nitrogen and oxygen atoms in total. The fourth-order valence-electron chi connectivity index (χ4n) is 1.70. The van der Waals surface area contributed by atoms with Crippen molar-refractivity contribution in [3.63, 3.8) is 0 Å². The zero-order valence-electron chi connectivity index (χ0n) is 6.49. The van der Waals surface area contributed by atoms with Crippen LogP contribution >= 0.6 is 27.5 Å². The van der Waals surface area contributed by atoms with E-state index in [9.17, 15) is 0 Å². The molecule has 0 heterocycles. The van der Waals surface area contributed by atoms with Crippen LogP contribution in [0.4, 0.5) is 0 Å². The Morgan fingerprint density at radius 3 is 3.00 bits per heavy atom. The van der Waals surface area contributed by atoms with Gasteiger partial charge in [0.15, 0.2) is 0 Å². The van der Waals surface area contributed by atoms with Crippen LogP contribution in [0.25, 0.3) is 0 Å². The van der Waals surface area contributed by atoms with Gasteiger partial charge in [-0.05, 0) is 51.2 Å². The van der Waals surface area contributed by atoms with Crippen molar-refractivity contribution < 1.29 is 0 Å². The summed E-state index contributed by atoms with van der Waals surface area (Å²) in [5, 5.41) is 0.894. The number of hydrogen-bond acceptors (Lipinski definition) is 0. The van der Waals surface area contributed by atoms with Crippen molar-refractivity contribution in [1.82, 2.24) is 0 Å². The summed E-state index contributed by atoms with van der Waals surface area (Å²) in [5.74, 6) is 0.538. The summed E-state index contributed by atoms with van der Waals surface area (Å²) in [6, 6.07) is 0. The highest BCUT2D eigenvalue weighted by molar-refractivity contribution is 9.12. The van der Waals surface area contributed by atoms with Crippen LogP contribution in [-0.2, 0) is 0 Å². The van der Waals surface area contributed by atoms with Crippen molar-refractivity contribution in [3.8, 4) is 0 Å². The minimum absolute atomic E-state index is 0.538. The molecule has 0 N–H and O–H groups in total. The molecular formula is C10H6BrCl. The first-order valence-electron chi connectivity index (χ1n) is 3.90. The maximum atomic E-state index is 6.17. The molecule has 3 aliphatic carbocycles. The van der Waals surface area contributed by atoms with Gasteiger partial charge in [0.25, 0.3) is 0 Å². The van der Waals surface area contributed by atoms with Gasteiger partial charge in [-0.2, -0.15) is 0 Å². The standard InChI is InChI=1S/C10H6BrCl/c1-4-5-2-6(5)7-3-8(7)9(11)10(4)12/h2-3,5H,1H3. The van der Waals surface area contributed by atoms with E-state index in [1.165, 1.54) is 22.3 Å². The Labute approximate surface area is 84.4 Å². The molecule has 2 heteroatoms. The summed E-state index contributed by atoms with van der Waals surface area (Å²) >= 11 is 9.68. The van der Waals surface area contributed by atoms with Crippen molar-refractivity contribution >= 4 is 27.5 Å². The Balaban J connectivity index is 2.20. The highest BCUT2D eigenvalue weighted by Crippen LogP contribution is 2.56. The second-order valence-corrected chi connectivity index (χ2v) is 4.55. The predicted molar refractivity (Wildman–Crippen MR) is 54.2 cm³/mol. The van der Waals surface area contributed by atoms with Crippen molar-refractivity contribution in [3.05, 3.63) is 44.0 Å². The quantitative estimate of drug-likeness (QED) is 0.607. The highest BCUT2D eigenvalue weighted by atomic mass is 79.9. The van der Waals surface area contributed by atoms with Crippen LogP contribution in [0.5, 0.6) is 0 Å². The monoisotopic (exact) mass is 240 g/mol. The van der Waals surface area contributed by atoms with Gasteiger partial charge in [0.2, 0.25) is 0 Å². The molecule has 0 aromatic carbocycles. The van der Waals surface area contributed by atoms with Gasteiger partial charge in [-0.15, -0.1) is 0 Å². The lowest BCUT2D eigenvalue weighted by molar-refractivity contribution is 1.07. The normalized spacial score (nSPS) is 30.4. The van der Waals surface area contributed by atoms with E-state index in [2.05, 4.69) is 35.0 Å². The smallest absolute Gasteiger partial charge is 0.0552 e. The molecule has 0 bridgehead atoms. The molecule has 3 rings (SSSR count). The molecule has 60 valence electrons. The van der Waals surface area contributed by atoms with Gasteiger partial charge in [-0.25, -0.2) is 0 Å². The second-order valence-electron chi connectivity index (χ2n) is 3.38. The van der Waals surface area contributed by atoms with Crippen LogP contribution in [0.1, 0.15) is 6.92 Å². The van der Waals surface area contributed by atoms with Gasteiger partial charge in [0.1, 0.15) is 0 Å². The average Bonchev–Trinajstić information content (AvgIpc) is 2.87. The van der Waals surface area contributed by atoms with Gasteiger partial charge in [0.05, 0.1) is 5.03 Å². The molecule has 0 fully saturated rings. The van der Waals surface area contributed by atoms with Crippen LogP contribution < -0.4 is 0 Å². The third-order valence-electron chi connectivity index (χ3n) is 2.62. The fourth-order valence-corrected chi connectivity index (χ4v) is 2.56. The molecular weight excluding hydrogens is 235 g/mol. The van der Waals surface area contributed by atoms with E-state index in [0.717, 1.165) is 9.51 Å². The number of halogens is 2. The molecule has 0 amide bonds. The van der Waals surface area contributed by atoms with Crippen LogP contribution in [0.15, 0.2) is 44.0 Å². The minimum atomic E-state index is 0.538. The molecule has 0 aromatic rings. The molecule has 12 heavy (non-hydrogen) atoms. The predicted octanol–water partition coefficient (Wildman–Crippen LogP) is 3.66. The summed E-state index contributed by atoms with van der Waals surface area (Å²) in [7, 11) is 0. The molecule has 0 aromatic heterocycles. The van der Waals surface area contributed by atoms with Crippen molar-refractivity contribution in [2.45, 2.75) is 6.92 Å². The van der Waals surface area contributed by atoms with Crippen LogP contribution in [-0.4, -0.2) is 0 Å². The number of fused-ring (bicyclic) bond motifs is 3. The van der Waals surface area contributed by atoms with Gasteiger partial charge < -0.3 is 0 Å². The molecule has 0 aliphatic heterocycles. The lowest BCUT2D eigenvalue weighted by Gasteiger charge is -2.01. The Morgan fingerprint density at radius 2 is 2.25 bits per heavy atom. The summed E-state index contributed by atoms with van der Waals surface area (Å²) in [5.41, 5.74) is 5.45. The first kappa shape index (κ1) is 7.16. The molecule has 3 aliphatic rings. The van der Waals surface area contributed by atoms with E-state index >= 15 is 0 Å². The van der Waals surface area contributed by atoms with E-state index < -0.39 is 0 Å². The molecule has 0 spiro atoms. The maximum Gasteiger partial charge on any atom is 0.0552 e. The second kappa shape index (κ2) is 1.97. The molecule has 0 saturated carbocycles. The minimum Gasteiger partial charge on any atom is -0.0831 e. The molecule has 0 saturated heterocycles. The number of allylic oxidation sites excluding steroid dienone is 8. The van der Waals surface area contributed by atoms with Gasteiger partial charge >= 0.3 is 0 Å². The van der Waals surface area contributed by atoms with E-state index in [0.29, 0.717) is 5.92 Å². The number of hydrogen-bond donors (Lipinski definition) is 0. The van der Waals surface area contributed by atoms with Gasteiger partial charge in [-0.1, -0.05) is 17.7 Å². The average molecular weight is 242 g/mol. The van der Waals surface area contributed by atoms with Gasteiger partial charge in [-0.3, -0.25) is 0 Å². The van der Waals surface area contributed by atoms with Crippen LogP contribution in [0.3, 0.4) is 0 Å². The zero-order chi connectivity index (χ0) is 8.46. The van der Waals surface area contributed by atoms with Crippen molar-refractivity contribution in [2.75, 3.05) is 0 Å². The summed E-state index contributed by atoms with van der Waals surface area (Å²) < 4.78 is 1.07. The molecule has 1 unspecified atom stereocenters. The first-order valence-corrected chi connectivity index (χ1v) is 5.08. The first-order chi connectivity index (χ1) is 5.70. The SMILES string of the molecule is CC1=C(Cl)C(Br)=C2C=C2C2=CC21. The molecule has 1 atom stereocenters. The summed E-state index contributed by atoms with van der Waals surface area (Å²) in [6.45, 7) is 2.10. The third kappa shape index (κ3) is 0.737. The Bertz CT molecular complexity index is 421. The van der Waals surface area contributed by atoms with E-state index in [4.69, 9.17) is 11.6 Å². The van der Waals surface area contributed by atoms with E-state index in [1.807, 2.05) is 0 Å². The third-order valence-corrected chi connectivity index (χ3v) is 4.16. The van der Waals surface area contributed by atoms with Crippen molar-refractivity contribution in [2.24, 2.45) is 5.92 Å². The van der Waals surface area contributed by atoms with E-state index in [-0.39, 0.29) is 0 Å². The highest BCUT2D eigenvalue weighted by Gasteiger charge is 2.40. The Hall–Kier alpha value is -0.270. The van der Waals surface area contributed by atoms with Crippen LogP contribution in [0, 0.1) is 5.92 Å². The topological polar surface area (TPSA) is 0 Å². The number of rotatable bonds is 0. The fraction of sp³-hybridized carbons (Fsp3) is 0.200. The summed E-state index contributed by atoms with van der Waals surface area (Å²) in [6.07, 6.45) is 4.46. The van der Waals surface area contributed by atoms with Crippen molar-refractivity contribution in [1.29, 1.82) is 0 Å². The van der Waals surface area contributed by atoms with Gasteiger partial charge in [0, 0.05) is 10.4 Å². The largest absolute Gasteiger partial charge is 0.0831 e. The summed E-state index contributed by atoms with van der Waals surface area (Å²) in [4.78, 5) is 0. The Morgan fingerprint density at radius 1 is 1.50 bits per heavy atom. The lowest BCUT2D eigenvalue weighted by atomic mass is 10.1. The zero-order valence-corrected chi connectivity index (χ0v) is 8.83. The van der Waals surface area contributed by atoms with Crippen LogP contribution in [0.2, 0.25) is 0 Å². The van der Waals surface area contributed by atoms with E-state index in [1.54, 1.807) is 0 Å². The Kier molecular flexibility index (Phi) is 1.17. The maximum absolute atomic E-state index is 6.17.